The van der Waals surface area contributed by atoms with E-state index in [1.54, 1.807) is 25.1 Å². The van der Waals surface area contributed by atoms with Crippen LogP contribution in [0.3, 0.4) is 0 Å². The summed E-state index contributed by atoms with van der Waals surface area (Å²) < 4.78 is 5.50. The molecule has 100 valence electrons. The van der Waals surface area contributed by atoms with Gasteiger partial charge in [0, 0.05) is 16.6 Å². The lowest BCUT2D eigenvalue weighted by Gasteiger charge is -2.18. The van der Waals surface area contributed by atoms with Crippen LogP contribution in [0.1, 0.15) is 25.8 Å². The van der Waals surface area contributed by atoms with Crippen molar-refractivity contribution in [2.45, 2.75) is 38.8 Å². The zero-order chi connectivity index (χ0) is 13.7. The third-order valence-electron chi connectivity index (χ3n) is 2.52. The largest absolute Gasteiger partial charge is 0.479 e. The topological polar surface area (TPSA) is 72.5 Å². The number of hydrogen-bond donors (Lipinski definition) is 2. The molecule has 0 radical (unpaired) electrons. The van der Waals surface area contributed by atoms with Gasteiger partial charge in [-0.1, -0.05) is 24.6 Å². The quantitative estimate of drug-likeness (QED) is 0.834. The third-order valence-corrected chi connectivity index (χ3v) is 2.87. The van der Waals surface area contributed by atoms with Crippen molar-refractivity contribution in [3.8, 4) is 5.75 Å². The van der Waals surface area contributed by atoms with Gasteiger partial charge in [0.15, 0.2) is 6.10 Å². The summed E-state index contributed by atoms with van der Waals surface area (Å²) in [7, 11) is 0. The van der Waals surface area contributed by atoms with Crippen LogP contribution in [-0.4, -0.2) is 23.2 Å². The Morgan fingerprint density at radius 1 is 1.56 bits per heavy atom. The predicted molar refractivity (Wildman–Crippen MR) is 71.1 cm³/mol. The minimum atomic E-state index is -0.982. The lowest BCUT2D eigenvalue weighted by atomic mass is 10.1. The molecule has 0 fully saturated rings. The average Bonchev–Trinajstić information content (AvgIpc) is 2.29. The molecule has 0 saturated heterocycles. The molecule has 0 aliphatic heterocycles. The second-order valence-corrected chi connectivity index (χ2v) is 4.66. The van der Waals surface area contributed by atoms with Gasteiger partial charge in [0.25, 0.3) is 0 Å². The Hall–Kier alpha value is -1.26. The van der Waals surface area contributed by atoms with Crippen molar-refractivity contribution in [1.82, 2.24) is 0 Å². The van der Waals surface area contributed by atoms with E-state index in [0.29, 0.717) is 23.6 Å². The summed E-state index contributed by atoms with van der Waals surface area (Å²) >= 11 is 6.10. The van der Waals surface area contributed by atoms with E-state index in [1.165, 1.54) is 0 Å². The summed E-state index contributed by atoms with van der Waals surface area (Å²) in [6.07, 6.45) is 0.0696. The van der Waals surface area contributed by atoms with Gasteiger partial charge < -0.3 is 15.6 Å². The number of aliphatic carboxylic acids is 1. The smallest absolute Gasteiger partial charge is 0.344 e. The zero-order valence-corrected chi connectivity index (χ0v) is 11.3. The maximum Gasteiger partial charge on any atom is 0.344 e. The average molecular weight is 272 g/mol. The fourth-order valence-electron chi connectivity index (χ4n) is 1.63. The van der Waals surface area contributed by atoms with Crippen molar-refractivity contribution < 1.29 is 14.6 Å². The highest BCUT2D eigenvalue weighted by atomic mass is 35.5. The second kappa shape index (κ2) is 6.61. The molecule has 2 unspecified atom stereocenters. The molecule has 1 aromatic rings. The standard InChI is InChI=1S/C13H18ClNO3/c1-3-11(13(16)17)18-12-6-4-5-10(14)9(12)7-8(2)15/h4-6,8,11H,3,7,15H2,1-2H3,(H,16,17). The van der Waals surface area contributed by atoms with Crippen LogP contribution >= 0.6 is 11.6 Å². The predicted octanol–water partition coefficient (Wildman–Crippen LogP) is 2.47. The molecular formula is C13H18ClNO3. The Bertz CT molecular complexity index is 421. The maximum atomic E-state index is 11.0. The second-order valence-electron chi connectivity index (χ2n) is 4.25. The van der Waals surface area contributed by atoms with Crippen molar-refractivity contribution in [2.75, 3.05) is 0 Å². The molecule has 3 N–H and O–H groups in total. The van der Waals surface area contributed by atoms with Crippen LogP contribution in [0.4, 0.5) is 0 Å². The molecule has 0 heterocycles. The minimum absolute atomic E-state index is 0.0721. The number of hydrogen-bond acceptors (Lipinski definition) is 3. The molecule has 1 aromatic carbocycles. The van der Waals surface area contributed by atoms with Crippen LogP contribution in [0.5, 0.6) is 5.75 Å². The number of halogens is 1. The highest BCUT2D eigenvalue weighted by molar-refractivity contribution is 6.31. The number of carboxylic acid groups (broad SMARTS) is 1. The van der Waals surface area contributed by atoms with Crippen LogP contribution < -0.4 is 10.5 Å². The first-order valence-corrected chi connectivity index (χ1v) is 6.26. The first kappa shape index (κ1) is 14.8. The Morgan fingerprint density at radius 2 is 2.22 bits per heavy atom. The summed E-state index contributed by atoms with van der Waals surface area (Å²) in [4.78, 5) is 11.0. The Labute approximate surface area is 112 Å². The molecule has 0 saturated carbocycles. The maximum absolute atomic E-state index is 11.0. The van der Waals surface area contributed by atoms with Crippen LogP contribution in [0.15, 0.2) is 18.2 Å². The molecular weight excluding hydrogens is 254 g/mol. The van der Waals surface area contributed by atoms with Crippen molar-refractivity contribution in [2.24, 2.45) is 5.73 Å². The van der Waals surface area contributed by atoms with Gasteiger partial charge in [-0.15, -0.1) is 0 Å². The van der Waals surface area contributed by atoms with Crippen molar-refractivity contribution in [3.05, 3.63) is 28.8 Å². The third kappa shape index (κ3) is 3.89. The van der Waals surface area contributed by atoms with Gasteiger partial charge >= 0.3 is 5.97 Å². The minimum Gasteiger partial charge on any atom is -0.479 e. The number of carbonyl (C=O) groups is 1. The summed E-state index contributed by atoms with van der Waals surface area (Å²) in [5, 5.41) is 9.54. The number of carboxylic acids is 1. The molecule has 4 nitrogen and oxygen atoms in total. The molecule has 0 aliphatic rings. The normalized spacial score (nSPS) is 14.0. The van der Waals surface area contributed by atoms with E-state index in [-0.39, 0.29) is 6.04 Å². The summed E-state index contributed by atoms with van der Waals surface area (Å²) in [6, 6.07) is 5.12. The van der Waals surface area contributed by atoms with Gasteiger partial charge in [-0.3, -0.25) is 0 Å². The van der Waals surface area contributed by atoms with E-state index in [0.717, 1.165) is 5.56 Å². The summed E-state index contributed by atoms with van der Waals surface area (Å²) in [5.74, 6) is -0.488. The molecule has 0 aliphatic carbocycles. The first-order valence-electron chi connectivity index (χ1n) is 5.88. The molecule has 2 atom stereocenters. The van der Waals surface area contributed by atoms with Gasteiger partial charge in [0.2, 0.25) is 0 Å². The van der Waals surface area contributed by atoms with E-state index < -0.39 is 12.1 Å². The molecule has 0 aromatic heterocycles. The number of nitrogens with two attached hydrogens (primary N) is 1. The van der Waals surface area contributed by atoms with Gasteiger partial charge in [-0.25, -0.2) is 4.79 Å². The lowest BCUT2D eigenvalue weighted by molar-refractivity contribution is -0.145. The van der Waals surface area contributed by atoms with Crippen LogP contribution in [-0.2, 0) is 11.2 Å². The Morgan fingerprint density at radius 3 is 2.72 bits per heavy atom. The van der Waals surface area contributed by atoms with Crippen LogP contribution in [0.25, 0.3) is 0 Å². The van der Waals surface area contributed by atoms with E-state index in [4.69, 9.17) is 27.2 Å². The summed E-state index contributed by atoms with van der Waals surface area (Å²) in [6.45, 7) is 3.62. The summed E-state index contributed by atoms with van der Waals surface area (Å²) in [5.41, 5.74) is 6.51. The first-order chi connectivity index (χ1) is 8.45. The van der Waals surface area contributed by atoms with E-state index in [9.17, 15) is 4.79 Å². The van der Waals surface area contributed by atoms with E-state index in [2.05, 4.69) is 0 Å². The van der Waals surface area contributed by atoms with Crippen LogP contribution in [0.2, 0.25) is 5.02 Å². The Kier molecular flexibility index (Phi) is 5.44. The molecule has 18 heavy (non-hydrogen) atoms. The molecule has 5 heteroatoms. The van der Waals surface area contributed by atoms with Gasteiger partial charge in [-0.05, 0) is 31.9 Å². The van der Waals surface area contributed by atoms with Gasteiger partial charge in [0.1, 0.15) is 5.75 Å². The van der Waals surface area contributed by atoms with Crippen LogP contribution in [0, 0.1) is 0 Å². The van der Waals surface area contributed by atoms with E-state index in [1.807, 2.05) is 6.92 Å². The lowest BCUT2D eigenvalue weighted by Crippen LogP contribution is -2.27. The molecule has 1 rings (SSSR count). The monoisotopic (exact) mass is 271 g/mol. The fraction of sp³-hybridized carbons (Fsp3) is 0.462. The molecule has 0 spiro atoms. The SMILES string of the molecule is CCC(Oc1cccc(Cl)c1CC(C)N)C(=O)O. The molecule has 0 bridgehead atoms. The fourth-order valence-corrected chi connectivity index (χ4v) is 1.87. The van der Waals surface area contributed by atoms with E-state index >= 15 is 0 Å². The highest BCUT2D eigenvalue weighted by Gasteiger charge is 2.19. The van der Waals surface area contributed by atoms with Gasteiger partial charge in [0.05, 0.1) is 0 Å². The molecule has 0 amide bonds. The Balaban J connectivity index is 3.00. The zero-order valence-electron chi connectivity index (χ0n) is 10.5. The van der Waals surface area contributed by atoms with Gasteiger partial charge in [-0.2, -0.15) is 0 Å². The number of rotatable bonds is 6. The van der Waals surface area contributed by atoms with Crippen molar-refractivity contribution in [3.63, 3.8) is 0 Å². The number of ether oxygens (including phenoxy) is 1. The van der Waals surface area contributed by atoms with Crippen molar-refractivity contribution in [1.29, 1.82) is 0 Å². The highest BCUT2D eigenvalue weighted by Crippen LogP contribution is 2.28. The number of benzene rings is 1. The van der Waals surface area contributed by atoms with Crippen molar-refractivity contribution >= 4 is 17.6 Å².